The van der Waals surface area contributed by atoms with Gasteiger partial charge in [0.2, 0.25) is 0 Å². The van der Waals surface area contributed by atoms with Crippen molar-refractivity contribution in [2.24, 2.45) is 0 Å². The lowest BCUT2D eigenvalue weighted by molar-refractivity contribution is -0.148. The smallest absolute Gasteiger partial charge is 0.329 e. The molecule has 2 aromatic carbocycles. The second kappa shape index (κ2) is 9.79. The van der Waals surface area contributed by atoms with Gasteiger partial charge in [-0.3, -0.25) is 14.7 Å². The lowest BCUT2D eigenvalue weighted by atomic mass is 9.98. The minimum Gasteiger partial charge on any atom is -0.459 e. The molecule has 0 aliphatic carbocycles. The summed E-state index contributed by atoms with van der Waals surface area (Å²) in [6, 6.07) is 18.7. The van der Waals surface area contributed by atoms with Crippen LogP contribution in [0.5, 0.6) is 0 Å². The molecular formula is C26H28N4O4. The van der Waals surface area contributed by atoms with Gasteiger partial charge in [0.15, 0.2) is 0 Å². The van der Waals surface area contributed by atoms with Crippen molar-refractivity contribution in [3.8, 4) is 0 Å². The molecule has 2 N–H and O–H groups in total. The van der Waals surface area contributed by atoms with Crippen LogP contribution in [0.3, 0.4) is 0 Å². The molecule has 3 heterocycles. The third-order valence-electron chi connectivity index (χ3n) is 6.45. The van der Waals surface area contributed by atoms with Crippen molar-refractivity contribution in [1.82, 2.24) is 14.9 Å². The fraction of sp³-hybridized carbons (Fsp3) is 0.346. The van der Waals surface area contributed by atoms with Crippen LogP contribution in [0.2, 0.25) is 0 Å². The van der Waals surface area contributed by atoms with E-state index in [9.17, 15) is 9.59 Å². The number of aryl methyl sites for hydroxylation is 1. The number of hydrogen-bond acceptors (Lipinski definition) is 7. The summed E-state index contributed by atoms with van der Waals surface area (Å²) in [4.78, 5) is 30.4. The maximum Gasteiger partial charge on any atom is 0.329 e. The molecule has 1 saturated heterocycles. The van der Waals surface area contributed by atoms with Gasteiger partial charge >= 0.3 is 5.97 Å². The first-order chi connectivity index (χ1) is 16.6. The van der Waals surface area contributed by atoms with Crippen LogP contribution in [0, 0.1) is 0 Å². The van der Waals surface area contributed by atoms with Crippen LogP contribution >= 0.6 is 0 Å². The van der Waals surface area contributed by atoms with E-state index >= 15 is 0 Å². The SMILES string of the molecule is C[C@H](C(=O)OCc1ccccc1)n1cnc2c(c1=O)NC(C1CNC(c3ccccc3)O1)CC2. The van der Waals surface area contributed by atoms with E-state index in [1.165, 1.54) is 10.9 Å². The normalized spacial score (nSPS) is 22.4. The van der Waals surface area contributed by atoms with E-state index in [-0.39, 0.29) is 30.5 Å². The maximum atomic E-state index is 13.3. The van der Waals surface area contributed by atoms with Crippen molar-refractivity contribution >= 4 is 11.7 Å². The summed E-state index contributed by atoms with van der Waals surface area (Å²) in [6.45, 7) is 2.49. The molecule has 3 aromatic rings. The number of carbonyl (C=O) groups excluding carboxylic acids is 1. The highest BCUT2D eigenvalue weighted by Gasteiger charge is 2.35. The number of benzene rings is 2. The average Bonchev–Trinajstić information content (AvgIpc) is 3.39. The molecular weight excluding hydrogens is 432 g/mol. The van der Waals surface area contributed by atoms with Gasteiger partial charge in [0.1, 0.15) is 24.6 Å². The van der Waals surface area contributed by atoms with E-state index in [2.05, 4.69) is 15.6 Å². The largest absolute Gasteiger partial charge is 0.459 e. The number of hydrogen-bond donors (Lipinski definition) is 2. The zero-order chi connectivity index (χ0) is 23.5. The van der Waals surface area contributed by atoms with Gasteiger partial charge in [-0.25, -0.2) is 9.78 Å². The van der Waals surface area contributed by atoms with Crippen molar-refractivity contribution in [3.05, 3.63) is 94.2 Å². The molecule has 0 bridgehead atoms. The van der Waals surface area contributed by atoms with Gasteiger partial charge in [0.05, 0.1) is 24.2 Å². The van der Waals surface area contributed by atoms with E-state index in [4.69, 9.17) is 9.47 Å². The number of rotatable bonds is 6. The predicted octanol–water partition coefficient (Wildman–Crippen LogP) is 2.96. The summed E-state index contributed by atoms with van der Waals surface area (Å²) >= 11 is 0. The van der Waals surface area contributed by atoms with Gasteiger partial charge in [-0.1, -0.05) is 60.7 Å². The zero-order valence-electron chi connectivity index (χ0n) is 19.0. The maximum absolute atomic E-state index is 13.3. The van der Waals surface area contributed by atoms with Crippen LogP contribution < -0.4 is 16.2 Å². The van der Waals surface area contributed by atoms with Crippen LogP contribution in [-0.4, -0.2) is 34.2 Å². The standard InChI is InChI=1S/C26H28N4O4/c1-17(26(32)33-15-18-8-4-2-5-9-18)30-16-28-21-13-12-20(29-23(21)25(30)31)22-14-27-24(34-22)19-10-6-3-7-11-19/h2-11,16-17,20,22,24,27,29H,12-15H2,1H3/t17-,20?,22?,24?/m1/s1. The van der Waals surface area contributed by atoms with Crippen LogP contribution in [-0.2, 0) is 27.3 Å². The number of aromatic nitrogens is 2. The second-order valence-corrected chi connectivity index (χ2v) is 8.71. The van der Waals surface area contributed by atoms with Gasteiger partial charge in [0.25, 0.3) is 5.56 Å². The van der Waals surface area contributed by atoms with Crippen molar-refractivity contribution in [3.63, 3.8) is 0 Å². The van der Waals surface area contributed by atoms with Gasteiger partial charge in [-0.15, -0.1) is 0 Å². The van der Waals surface area contributed by atoms with Crippen LogP contribution in [0.25, 0.3) is 0 Å². The molecule has 1 aromatic heterocycles. The summed E-state index contributed by atoms with van der Waals surface area (Å²) < 4.78 is 13.0. The highest BCUT2D eigenvalue weighted by molar-refractivity contribution is 5.74. The molecule has 0 saturated carbocycles. The van der Waals surface area contributed by atoms with Crippen molar-refractivity contribution in [2.45, 2.75) is 50.8 Å². The molecule has 4 atom stereocenters. The predicted molar refractivity (Wildman–Crippen MR) is 127 cm³/mol. The molecule has 0 radical (unpaired) electrons. The first kappa shape index (κ1) is 22.3. The molecule has 8 nitrogen and oxygen atoms in total. The molecule has 5 rings (SSSR count). The Labute approximate surface area is 197 Å². The number of esters is 1. The van der Waals surface area contributed by atoms with Crippen molar-refractivity contribution in [1.29, 1.82) is 0 Å². The van der Waals surface area contributed by atoms with E-state index < -0.39 is 12.0 Å². The first-order valence-corrected chi connectivity index (χ1v) is 11.6. The number of carbonyl (C=O) groups is 1. The Balaban J connectivity index is 1.27. The van der Waals surface area contributed by atoms with Gasteiger partial charge < -0.3 is 14.8 Å². The summed E-state index contributed by atoms with van der Waals surface area (Å²) in [6.07, 6.45) is 2.67. The monoisotopic (exact) mass is 460 g/mol. The van der Waals surface area contributed by atoms with Gasteiger partial charge in [0, 0.05) is 6.54 Å². The molecule has 176 valence electrons. The summed E-state index contributed by atoms with van der Waals surface area (Å²) in [5.74, 6) is -0.478. The first-order valence-electron chi connectivity index (χ1n) is 11.6. The number of anilines is 1. The lowest BCUT2D eigenvalue weighted by Crippen LogP contribution is -2.43. The number of nitrogens with zero attached hydrogens (tertiary/aromatic N) is 2. The molecule has 0 amide bonds. The van der Waals surface area contributed by atoms with Crippen LogP contribution in [0.4, 0.5) is 5.69 Å². The van der Waals surface area contributed by atoms with E-state index in [0.29, 0.717) is 24.3 Å². The highest BCUT2D eigenvalue weighted by Crippen LogP contribution is 2.28. The fourth-order valence-electron chi connectivity index (χ4n) is 4.46. The average molecular weight is 461 g/mol. The molecule has 34 heavy (non-hydrogen) atoms. The number of fused-ring (bicyclic) bond motifs is 1. The van der Waals surface area contributed by atoms with Crippen molar-refractivity contribution in [2.75, 3.05) is 11.9 Å². The zero-order valence-corrected chi connectivity index (χ0v) is 19.0. The van der Waals surface area contributed by atoms with Crippen LogP contribution in [0.1, 0.15) is 42.4 Å². The van der Waals surface area contributed by atoms with Gasteiger partial charge in [-0.2, -0.15) is 0 Å². The molecule has 2 aliphatic heterocycles. The second-order valence-electron chi connectivity index (χ2n) is 8.71. The summed E-state index contributed by atoms with van der Waals surface area (Å²) in [5, 5.41) is 6.77. The number of ether oxygens (including phenoxy) is 2. The topological polar surface area (TPSA) is 94.5 Å². The van der Waals surface area contributed by atoms with E-state index in [0.717, 1.165) is 17.5 Å². The Hall–Kier alpha value is -3.49. The summed E-state index contributed by atoms with van der Waals surface area (Å²) in [5.41, 5.74) is 2.85. The Bertz CT molecular complexity index is 1200. The van der Waals surface area contributed by atoms with E-state index in [1.54, 1.807) is 6.92 Å². The quantitative estimate of drug-likeness (QED) is 0.546. The fourth-order valence-corrected chi connectivity index (χ4v) is 4.46. The minimum absolute atomic E-state index is 0.0283. The third-order valence-corrected chi connectivity index (χ3v) is 6.45. The molecule has 1 fully saturated rings. The lowest BCUT2D eigenvalue weighted by Gasteiger charge is -2.30. The molecule has 0 spiro atoms. The Morgan fingerprint density at radius 2 is 1.91 bits per heavy atom. The van der Waals surface area contributed by atoms with Crippen molar-refractivity contribution < 1.29 is 14.3 Å². The molecule has 3 unspecified atom stereocenters. The van der Waals surface area contributed by atoms with Gasteiger partial charge in [-0.05, 0) is 30.9 Å². The minimum atomic E-state index is -0.789. The third kappa shape index (κ3) is 4.60. The van der Waals surface area contributed by atoms with Crippen LogP contribution in [0.15, 0.2) is 71.8 Å². The Morgan fingerprint density at radius 1 is 1.18 bits per heavy atom. The number of nitrogens with one attached hydrogen (secondary N) is 2. The summed E-state index contributed by atoms with van der Waals surface area (Å²) in [7, 11) is 0. The Morgan fingerprint density at radius 3 is 2.68 bits per heavy atom. The highest BCUT2D eigenvalue weighted by atomic mass is 16.5. The van der Waals surface area contributed by atoms with E-state index in [1.807, 2.05) is 60.7 Å². The molecule has 2 aliphatic rings. The Kier molecular flexibility index (Phi) is 6.42. The molecule has 8 heteroatoms.